The number of hydrogen-bond acceptors (Lipinski definition) is 5. The molecule has 0 saturated carbocycles. The summed E-state index contributed by atoms with van der Waals surface area (Å²) in [5.74, 6) is 2.36. The van der Waals surface area contributed by atoms with Crippen LogP contribution in [0.4, 0.5) is 0 Å². The molecule has 1 aromatic rings. The summed E-state index contributed by atoms with van der Waals surface area (Å²) in [5.41, 5.74) is 0. The van der Waals surface area contributed by atoms with Crippen LogP contribution in [0.15, 0.2) is 4.42 Å². The van der Waals surface area contributed by atoms with Gasteiger partial charge in [0.2, 0.25) is 11.8 Å². The highest BCUT2D eigenvalue weighted by Gasteiger charge is 2.13. The van der Waals surface area contributed by atoms with Crippen molar-refractivity contribution in [3.63, 3.8) is 0 Å². The minimum Gasteiger partial charge on any atom is -0.480 e. The lowest BCUT2D eigenvalue weighted by Crippen LogP contribution is -2.29. The van der Waals surface area contributed by atoms with Crippen molar-refractivity contribution in [2.75, 3.05) is 13.1 Å². The van der Waals surface area contributed by atoms with Crippen LogP contribution in [0.1, 0.15) is 18.7 Å². The van der Waals surface area contributed by atoms with E-state index in [1.165, 1.54) is 4.90 Å². The number of hydrogen-bond donors (Lipinski definition) is 1. The Kier molecular flexibility index (Phi) is 4.48. The van der Waals surface area contributed by atoms with Crippen LogP contribution in [0.25, 0.3) is 0 Å². The van der Waals surface area contributed by atoms with Crippen molar-refractivity contribution in [1.82, 2.24) is 15.1 Å². The van der Waals surface area contributed by atoms with Crippen LogP contribution in [0.3, 0.4) is 0 Å². The van der Waals surface area contributed by atoms with E-state index in [-0.39, 0.29) is 19.6 Å². The monoisotopic (exact) mass is 223 g/mol. The van der Waals surface area contributed by atoms with E-state index in [0.29, 0.717) is 18.2 Å². The van der Waals surface area contributed by atoms with Gasteiger partial charge in [-0.25, -0.2) is 0 Å². The Hall–Kier alpha value is -1.87. The molecule has 0 aliphatic carbocycles. The van der Waals surface area contributed by atoms with Crippen molar-refractivity contribution in [3.8, 4) is 12.3 Å². The van der Waals surface area contributed by atoms with Gasteiger partial charge in [0.15, 0.2) is 0 Å². The average molecular weight is 223 g/mol. The molecule has 16 heavy (non-hydrogen) atoms. The van der Waals surface area contributed by atoms with Crippen LogP contribution in [-0.2, 0) is 17.8 Å². The van der Waals surface area contributed by atoms with E-state index < -0.39 is 5.97 Å². The number of aryl methyl sites for hydroxylation is 1. The fourth-order valence-electron chi connectivity index (χ4n) is 1.17. The van der Waals surface area contributed by atoms with E-state index in [2.05, 4.69) is 16.1 Å². The summed E-state index contributed by atoms with van der Waals surface area (Å²) in [5, 5.41) is 16.2. The summed E-state index contributed by atoms with van der Waals surface area (Å²) in [7, 11) is 0. The number of carboxylic acid groups (broad SMARTS) is 1. The minimum absolute atomic E-state index is 0.145. The Labute approximate surface area is 93.3 Å². The van der Waals surface area contributed by atoms with Gasteiger partial charge in [0, 0.05) is 6.42 Å². The predicted molar refractivity (Wildman–Crippen MR) is 55.4 cm³/mol. The highest BCUT2D eigenvalue weighted by atomic mass is 16.4. The summed E-state index contributed by atoms with van der Waals surface area (Å²) in [6.45, 7) is 2.24. The summed E-state index contributed by atoms with van der Waals surface area (Å²) in [6, 6.07) is 0. The molecule has 1 rings (SSSR count). The Morgan fingerprint density at radius 1 is 1.56 bits per heavy atom. The lowest BCUT2D eigenvalue weighted by Gasteiger charge is -2.14. The number of terminal acetylenes is 1. The lowest BCUT2D eigenvalue weighted by atomic mass is 10.4. The largest absolute Gasteiger partial charge is 0.480 e. The minimum atomic E-state index is -0.939. The molecule has 0 spiro atoms. The van der Waals surface area contributed by atoms with Crippen LogP contribution in [0.5, 0.6) is 0 Å². The van der Waals surface area contributed by atoms with Crippen molar-refractivity contribution in [1.29, 1.82) is 0 Å². The van der Waals surface area contributed by atoms with Gasteiger partial charge in [-0.15, -0.1) is 16.6 Å². The summed E-state index contributed by atoms with van der Waals surface area (Å²) in [6.07, 6.45) is 5.79. The van der Waals surface area contributed by atoms with Gasteiger partial charge in [0.1, 0.15) is 0 Å². The smallest absolute Gasteiger partial charge is 0.317 e. The van der Waals surface area contributed by atoms with Crippen molar-refractivity contribution in [2.24, 2.45) is 0 Å². The molecular weight excluding hydrogens is 210 g/mol. The number of carboxylic acids is 1. The first-order valence-corrected chi connectivity index (χ1v) is 4.84. The van der Waals surface area contributed by atoms with Crippen LogP contribution in [0, 0.1) is 12.3 Å². The first kappa shape index (κ1) is 12.2. The molecule has 86 valence electrons. The maximum atomic E-state index is 10.6. The van der Waals surface area contributed by atoms with Gasteiger partial charge in [-0.2, -0.15) is 0 Å². The molecule has 0 radical (unpaired) electrons. The first-order valence-electron chi connectivity index (χ1n) is 4.84. The van der Waals surface area contributed by atoms with Gasteiger partial charge in [-0.1, -0.05) is 12.8 Å². The van der Waals surface area contributed by atoms with E-state index in [9.17, 15) is 4.79 Å². The molecule has 6 heteroatoms. The SMILES string of the molecule is C#CCN(CC(=O)O)Cc1nnc(CC)o1. The van der Waals surface area contributed by atoms with E-state index in [1.54, 1.807) is 0 Å². The zero-order valence-corrected chi connectivity index (χ0v) is 9.01. The fourth-order valence-corrected chi connectivity index (χ4v) is 1.17. The molecular formula is C10H13N3O3. The number of aromatic nitrogens is 2. The third kappa shape index (κ3) is 3.71. The van der Waals surface area contributed by atoms with Crippen molar-refractivity contribution in [3.05, 3.63) is 11.8 Å². The molecule has 0 aliphatic rings. The Balaban J connectivity index is 2.60. The molecule has 0 atom stereocenters. The summed E-state index contributed by atoms with van der Waals surface area (Å²) >= 11 is 0. The number of aliphatic carboxylic acids is 1. The highest BCUT2D eigenvalue weighted by molar-refractivity contribution is 5.69. The molecule has 0 aromatic carbocycles. The van der Waals surface area contributed by atoms with Gasteiger partial charge in [-0.05, 0) is 0 Å². The quantitative estimate of drug-likeness (QED) is 0.691. The second-order valence-electron chi connectivity index (χ2n) is 3.19. The lowest BCUT2D eigenvalue weighted by molar-refractivity contribution is -0.138. The van der Waals surface area contributed by atoms with E-state index in [4.69, 9.17) is 15.9 Å². The van der Waals surface area contributed by atoms with E-state index in [0.717, 1.165) is 0 Å². The Morgan fingerprint density at radius 3 is 2.75 bits per heavy atom. The van der Waals surface area contributed by atoms with Crippen LogP contribution in [-0.4, -0.2) is 39.3 Å². The summed E-state index contributed by atoms with van der Waals surface area (Å²) < 4.78 is 5.27. The Bertz CT molecular complexity index is 394. The summed E-state index contributed by atoms with van der Waals surface area (Å²) in [4.78, 5) is 12.1. The second kappa shape index (κ2) is 5.88. The molecule has 0 aliphatic heterocycles. The van der Waals surface area contributed by atoms with Gasteiger partial charge >= 0.3 is 5.97 Å². The number of nitrogens with zero attached hydrogens (tertiary/aromatic N) is 3. The van der Waals surface area contributed by atoms with Gasteiger partial charge in [0.05, 0.1) is 19.6 Å². The molecule has 6 nitrogen and oxygen atoms in total. The van der Waals surface area contributed by atoms with Gasteiger partial charge in [0.25, 0.3) is 0 Å². The van der Waals surface area contributed by atoms with Crippen molar-refractivity contribution < 1.29 is 14.3 Å². The first-order chi connectivity index (χ1) is 7.65. The van der Waals surface area contributed by atoms with Gasteiger partial charge in [-0.3, -0.25) is 9.69 Å². The molecule has 0 saturated heterocycles. The van der Waals surface area contributed by atoms with Crippen LogP contribution >= 0.6 is 0 Å². The molecule has 0 bridgehead atoms. The van der Waals surface area contributed by atoms with Crippen LogP contribution < -0.4 is 0 Å². The zero-order valence-electron chi connectivity index (χ0n) is 9.01. The van der Waals surface area contributed by atoms with Crippen molar-refractivity contribution in [2.45, 2.75) is 19.9 Å². The molecule has 0 unspecified atom stereocenters. The fraction of sp³-hybridized carbons (Fsp3) is 0.500. The topological polar surface area (TPSA) is 79.5 Å². The maximum absolute atomic E-state index is 10.6. The van der Waals surface area contributed by atoms with Gasteiger partial charge < -0.3 is 9.52 Å². The molecule has 1 aromatic heterocycles. The molecule has 1 heterocycles. The molecule has 1 N–H and O–H groups in total. The third-order valence-electron chi connectivity index (χ3n) is 1.84. The maximum Gasteiger partial charge on any atom is 0.317 e. The molecule has 0 amide bonds. The second-order valence-corrected chi connectivity index (χ2v) is 3.19. The molecule has 0 fully saturated rings. The third-order valence-corrected chi connectivity index (χ3v) is 1.84. The predicted octanol–water partition coefficient (Wildman–Crippen LogP) is 0.152. The van der Waals surface area contributed by atoms with Crippen LogP contribution in [0.2, 0.25) is 0 Å². The number of rotatable bonds is 6. The van der Waals surface area contributed by atoms with E-state index in [1.807, 2.05) is 6.92 Å². The standard InChI is InChI=1S/C10H13N3O3/c1-3-5-13(7-10(14)15)6-9-12-11-8(4-2)16-9/h1H,4-7H2,2H3,(H,14,15). The zero-order chi connectivity index (χ0) is 12.0. The van der Waals surface area contributed by atoms with E-state index >= 15 is 0 Å². The highest BCUT2D eigenvalue weighted by Crippen LogP contribution is 2.04. The number of carbonyl (C=O) groups is 1. The average Bonchev–Trinajstić information content (AvgIpc) is 2.65. The normalized spacial score (nSPS) is 10.3. The Morgan fingerprint density at radius 2 is 2.25 bits per heavy atom. The van der Waals surface area contributed by atoms with Crippen molar-refractivity contribution >= 4 is 5.97 Å².